The standard InChI is InChI=1S/C14H10N4O2/c19-13-3-4-15-8-10(13)14(20)18-9-1-2-11-12(7-9)17-6-5-16-11/h1-8H,(H,15,19)(H,18,20). The molecule has 3 aromatic rings. The predicted molar refractivity (Wildman–Crippen MR) is 74.6 cm³/mol. The molecule has 0 aliphatic carbocycles. The number of pyridine rings is 1. The van der Waals surface area contributed by atoms with Crippen LogP contribution < -0.4 is 10.7 Å². The normalized spacial score (nSPS) is 10.4. The van der Waals surface area contributed by atoms with Gasteiger partial charge in [0.05, 0.1) is 11.0 Å². The van der Waals surface area contributed by atoms with E-state index in [-0.39, 0.29) is 11.0 Å². The molecule has 2 aromatic heterocycles. The van der Waals surface area contributed by atoms with Crippen LogP contribution in [-0.4, -0.2) is 20.9 Å². The first-order chi connectivity index (χ1) is 9.74. The van der Waals surface area contributed by atoms with Gasteiger partial charge in [0.2, 0.25) is 0 Å². The fourth-order valence-electron chi connectivity index (χ4n) is 1.83. The van der Waals surface area contributed by atoms with E-state index >= 15 is 0 Å². The zero-order valence-electron chi connectivity index (χ0n) is 10.3. The van der Waals surface area contributed by atoms with Crippen molar-refractivity contribution < 1.29 is 4.79 Å². The van der Waals surface area contributed by atoms with Crippen molar-refractivity contribution in [1.29, 1.82) is 0 Å². The summed E-state index contributed by atoms with van der Waals surface area (Å²) >= 11 is 0. The van der Waals surface area contributed by atoms with E-state index in [1.165, 1.54) is 18.5 Å². The molecular weight excluding hydrogens is 256 g/mol. The summed E-state index contributed by atoms with van der Waals surface area (Å²) in [7, 11) is 0. The van der Waals surface area contributed by atoms with Crippen LogP contribution in [0.2, 0.25) is 0 Å². The molecule has 98 valence electrons. The van der Waals surface area contributed by atoms with E-state index < -0.39 is 5.91 Å². The summed E-state index contributed by atoms with van der Waals surface area (Å²) in [6.45, 7) is 0. The van der Waals surface area contributed by atoms with Gasteiger partial charge < -0.3 is 10.3 Å². The predicted octanol–water partition coefficient (Wildman–Crippen LogP) is 1.57. The highest BCUT2D eigenvalue weighted by Crippen LogP contribution is 2.15. The quantitative estimate of drug-likeness (QED) is 0.737. The number of rotatable bonds is 2. The summed E-state index contributed by atoms with van der Waals surface area (Å²) in [5, 5.41) is 2.66. The molecule has 1 amide bonds. The van der Waals surface area contributed by atoms with Gasteiger partial charge in [-0.3, -0.25) is 19.6 Å². The number of aromatic amines is 1. The Hall–Kier alpha value is -3.02. The third-order valence-electron chi connectivity index (χ3n) is 2.80. The first-order valence-corrected chi connectivity index (χ1v) is 5.93. The molecular formula is C14H10N4O2. The molecule has 0 aliphatic rings. The number of carbonyl (C=O) groups excluding carboxylic acids is 1. The molecule has 0 spiro atoms. The van der Waals surface area contributed by atoms with Crippen molar-refractivity contribution in [3.63, 3.8) is 0 Å². The zero-order valence-corrected chi connectivity index (χ0v) is 10.3. The molecule has 1 aromatic carbocycles. The van der Waals surface area contributed by atoms with E-state index in [2.05, 4.69) is 20.3 Å². The Morgan fingerprint density at radius 1 is 1.10 bits per heavy atom. The highest BCUT2D eigenvalue weighted by molar-refractivity contribution is 6.04. The highest BCUT2D eigenvalue weighted by Gasteiger charge is 2.10. The van der Waals surface area contributed by atoms with Crippen molar-refractivity contribution in [3.05, 3.63) is 64.8 Å². The molecule has 0 saturated heterocycles. The molecule has 0 fully saturated rings. The van der Waals surface area contributed by atoms with Gasteiger partial charge in [-0.25, -0.2) is 0 Å². The number of H-pyrrole nitrogens is 1. The summed E-state index contributed by atoms with van der Waals surface area (Å²) in [6, 6.07) is 6.48. The van der Waals surface area contributed by atoms with Gasteiger partial charge in [-0.05, 0) is 18.2 Å². The second-order valence-electron chi connectivity index (χ2n) is 4.14. The summed E-state index contributed by atoms with van der Waals surface area (Å²) < 4.78 is 0. The van der Waals surface area contributed by atoms with Crippen LogP contribution in [-0.2, 0) is 0 Å². The van der Waals surface area contributed by atoms with E-state index in [1.54, 1.807) is 30.6 Å². The molecule has 0 saturated carbocycles. The Morgan fingerprint density at radius 2 is 1.90 bits per heavy atom. The maximum Gasteiger partial charge on any atom is 0.261 e. The molecule has 2 N–H and O–H groups in total. The largest absolute Gasteiger partial charge is 0.367 e. The van der Waals surface area contributed by atoms with Gasteiger partial charge in [-0.15, -0.1) is 0 Å². The minimum Gasteiger partial charge on any atom is -0.367 e. The third-order valence-corrected chi connectivity index (χ3v) is 2.80. The SMILES string of the molecule is O=C(Nc1ccc2nccnc2c1)c1c[nH]ccc1=O. The Balaban J connectivity index is 1.91. The van der Waals surface area contributed by atoms with E-state index in [1.807, 2.05) is 0 Å². The monoisotopic (exact) mass is 266 g/mol. The van der Waals surface area contributed by atoms with Gasteiger partial charge in [-0.1, -0.05) is 0 Å². The Labute approximate surface area is 113 Å². The van der Waals surface area contributed by atoms with Gasteiger partial charge in [0.25, 0.3) is 5.91 Å². The smallest absolute Gasteiger partial charge is 0.261 e. The second kappa shape index (κ2) is 4.93. The molecule has 0 atom stereocenters. The van der Waals surface area contributed by atoms with Crippen LogP contribution in [0.4, 0.5) is 5.69 Å². The fraction of sp³-hybridized carbons (Fsp3) is 0. The van der Waals surface area contributed by atoms with Crippen molar-refractivity contribution in [2.45, 2.75) is 0 Å². The van der Waals surface area contributed by atoms with E-state index in [0.717, 1.165) is 5.52 Å². The number of anilines is 1. The Kier molecular flexibility index (Phi) is 2.96. The van der Waals surface area contributed by atoms with Crippen molar-refractivity contribution >= 4 is 22.6 Å². The van der Waals surface area contributed by atoms with E-state index in [4.69, 9.17) is 0 Å². The van der Waals surface area contributed by atoms with Crippen LogP contribution in [0.25, 0.3) is 11.0 Å². The number of carbonyl (C=O) groups is 1. The number of amides is 1. The molecule has 6 nitrogen and oxygen atoms in total. The average Bonchev–Trinajstić information content (AvgIpc) is 2.47. The van der Waals surface area contributed by atoms with Crippen LogP contribution in [0.15, 0.2) is 53.8 Å². The number of hydrogen-bond acceptors (Lipinski definition) is 4. The van der Waals surface area contributed by atoms with Gasteiger partial charge in [0.1, 0.15) is 5.56 Å². The zero-order chi connectivity index (χ0) is 13.9. The number of aromatic nitrogens is 3. The molecule has 0 bridgehead atoms. The maximum absolute atomic E-state index is 12.0. The lowest BCUT2D eigenvalue weighted by atomic mass is 10.2. The number of hydrogen-bond donors (Lipinski definition) is 2. The Morgan fingerprint density at radius 3 is 2.70 bits per heavy atom. The van der Waals surface area contributed by atoms with Crippen molar-refractivity contribution in [1.82, 2.24) is 15.0 Å². The average molecular weight is 266 g/mol. The molecule has 0 unspecified atom stereocenters. The molecule has 3 rings (SSSR count). The molecule has 20 heavy (non-hydrogen) atoms. The fourth-order valence-corrected chi connectivity index (χ4v) is 1.83. The van der Waals surface area contributed by atoms with Crippen LogP contribution in [0.5, 0.6) is 0 Å². The Bertz CT molecular complexity index is 841. The van der Waals surface area contributed by atoms with E-state index in [9.17, 15) is 9.59 Å². The van der Waals surface area contributed by atoms with Gasteiger partial charge in [0.15, 0.2) is 5.43 Å². The van der Waals surface area contributed by atoms with Crippen molar-refractivity contribution in [3.8, 4) is 0 Å². The maximum atomic E-state index is 12.0. The molecule has 6 heteroatoms. The first kappa shape index (κ1) is 12.0. The lowest BCUT2D eigenvalue weighted by Crippen LogP contribution is -2.20. The third kappa shape index (κ3) is 2.26. The summed E-state index contributed by atoms with van der Waals surface area (Å²) in [5.41, 5.74) is 1.70. The van der Waals surface area contributed by atoms with Gasteiger partial charge in [0, 0.05) is 36.5 Å². The van der Waals surface area contributed by atoms with Crippen LogP contribution in [0, 0.1) is 0 Å². The summed E-state index contributed by atoms with van der Waals surface area (Å²) in [4.78, 5) is 34.6. The number of benzene rings is 1. The number of nitrogens with one attached hydrogen (secondary N) is 2. The molecule has 0 aliphatic heterocycles. The van der Waals surface area contributed by atoms with Crippen LogP contribution in [0.1, 0.15) is 10.4 Å². The minimum absolute atomic E-state index is 0.0618. The van der Waals surface area contributed by atoms with Gasteiger partial charge in [-0.2, -0.15) is 0 Å². The number of nitrogens with zero attached hydrogens (tertiary/aromatic N) is 2. The van der Waals surface area contributed by atoms with E-state index in [0.29, 0.717) is 11.2 Å². The summed E-state index contributed by atoms with van der Waals surface area (Å²) in [6.07, 6.45) is 6.03. The molecule has 2 heterocycles. The lowest BCUT2D eigenvalue weighted by Gasteiger charge is -2.05. The van der Waals surface area contributed by atoms with Crippen LogP contribution >= 0.6 is 0 Å². The van der Waals surface area contributed by atoms with Crippen molar-refractivity contribution in [2.24, 2.45) is 0 Å². The van der Waals surface area contributed by atoms with Crippen LogP contribution in [0.3, 0.4) is 0 Å². The highest BCUT2D eigenvalue weighted by atomic mass is 16.2. The van der Waals surface area contributed by atoms with Crippen molar-refractivity contribution in [2.75, 3.05) is 5.32 Å². The second-order valence-corrected chi connectivity index (χ2v) is 4.14. The summed E-state index contributed by atoms with van der Waals surface area (Å²) in [5.74, 6) is -0.463. The number of fused-ring (bicyclic) bond motifs is 1. The van der Waals surface area contributed by atoms with Gasteiger partial charge >= 0.3 is 0 Å². The topological polar surface area (TPSA) is 87.7 Å². The molecule has 0 radical (unpaired) electrons. The first-order valence-electron chi connectivity index (χ1n) is 5.93. The lowest BCUT2D eigenvalue weighted by molar-refractivity contribution is 0.102. The minimum atomic E-state index is -0.463.